The summed E-state index contributed by atoms with van der Waals surface area (Å²) in [6, 6.07) is 6.10. The Balaban J connectivity index is 2.59. The van der Waals surface area contributed by atoms with Crippen molar-refractivity contribution in [3.05, 3.63) is 40.8 Å². The van der Waals surface area contributed by atoms with Gasteiger partial charge in [-0.25, -0.2) is 4.39 Å². The maximum absolute atomic E-state index is 13.4. The summed E-state index contributed by atoms with van der Waals surface area (Å²) in [4.78, 5) is 1.68. The van der Waals surface area contributed by atoms with E-state index in [0.717, 1.165) is 10.9 Å². The Morgan fingerprint density at radius 3 is 2.40 bits per heavy atom. The van der Waals surface area contributed by atoms with E-state index < -0.39 is 17.4 Å². The van der Waals surface area contributed by atoms with Crippen molar-refractivity contribution in [1.29, 1.82) is 0 Å². The van der Waals surface area contributed by atoms with Crippen molar-refractivity contribution < 1.29 is 13.9 Å². The highest BCUT2D eigenvalue weighted by Gasteiger charge is 2.14. The molecule has 0 aliphatic rings. The zero-order valence-corrected chi connectivity index (χ0v) is 8.74. The minimum Gasteiger partial charge on any atom is -0.505 e. The van der Waals surface area contributed by atoms with Gasteiger partial charge in [-0.15, -0.1) is 11.3 Å². The lowest BCUT2D eigenvalue weighted by atomic mass is 10.1. The van der Waals surface area contributed by atoms with Crippen molar-refractivity contribution >= 4 is 11.3 Å². The summed E-state index contributed by atoms with van der Waals surface area (Å²) >= 11 is 1.38. The van der Waals surface area contributed by atoms with Gasteiger partial charge in [-0.2, -0.15) is 4.39 Å². The number of rotatable bonds is 1. The molecule has 4 heteroatoms. The first-order valence-electron chi connectivity index (χ1n) is 4.33. The number of aromatic hydroxyl groups is 1. The van der Waals surface area contributed by atoms with Crippen LogP contribution in [-0.4, -0.2) is 5.11 Å². The fraction of sp³-hybridized carbons (Fsp3) is 0.0909. The standard InChI is InChI=1S/C11H8F2OS/c1-6-2-5-9(15-6)7-3-4-8(14)11(13)10(7)12/h2-5,14H,1H3. The van der Waals surface area contributed by atoms with E-state index in [2.05, 4.69) is 0 Å². The number of phenolic OH excluding ortho intramolecular Hbond substituents is 1. The van der Waals surface area contributed by atoms with Crippen LogP contribution in [0.5, 0.6) is 5.75 Å². The van der Waals surface area contributed by atoms with E-state index >= 15 is 0 Å². The van der Waals surface area contributed by atoms with E-state index in [1.54, 1.807) is 6.07 Å². The van der Waals surface area contributed by atoms with Crippen molar-refractivity contribution in [2.45, 2.75) is 6.92 Å². The summed E-state index contributed by atoms with van der Waals surface area (Å²) in [6.45, 7) is 1.89. The number of hydrogen-bond donors (Lipinski definition) is 1. The molecule has 0 atom stereocenters. The Morgan fingerprint density at radius 2 is 1.80 bits per heavy atom. The summed E-state index contributed by atoms with van der Waals surface area (Å²) in [5.74, 6) is -2.86. The number of halogens is 2. The molecule has 78 valence electrons. The predicted molar refractivity (Wildman–Crippen MR) is 56.1 cm³/mol. The Kier molecular flexibility index (Phi) is 2.44. The number of hydrogen-bond acceptors (Lipinski definition) is 2. The molecule has 0 amide bonds. The molecule has 0 saturated heterocycles. The Hall–Kier alpha value is -1.42. The second-order valence-electron chi connectivity index (χ2n) is 3.17. The van der Waals surface area contributed by atoms with Crippen LogP contribution in [0.3, 0.4) is 0 Å². The molecule has 1 heterocycles. The molecule has 0 spiro atoms. The highest BCUT2D eigenvalue weighted by atomic mass is 32.1. The normalized spacial score (nSPS) is 10.6. The molecule has 1 N–H and O–H groups in total. The first-order valence-corrected chi connectivity index (χ1v) is 5.15. The number of aryl methyl sites for hydroxylation is 1. The highest BCUT2D eigenvalue weighted by Crippen LogP contribution is 2.33. The average Bonchev–Trinajstić information content (AvgIpc) is 2.61. The summed E-state index contributed by atoms with van der Waals surface area (Å²) in [7, 11) is 0. The quantitative estimate of drug-likeness (QED) is 0.786. The number of benzene rings is 1. The first-order chi connectivity index (χ1) is 7.09. The molecule has 2 rings (SSSR count). The SMILES string of the molecule is Cc1ccc(-c2ccc(O)c(F)c2F)s1. The van der Waals surface area contributed by atoms with Crippen LogP contribution in [0, 0.1) is 18.6 Å². The van der Waals surface area contributed by atoms with Crippen LogP contribution in [0.1, 0.15) is 4.88 Å². The van der Waals surface area contributed by atoms with Crippen molar-refractivity contribution in [3.63, 3.8) is 0 Å². The molecule has 0 aliphatic carbocycles. The van der Waals surface area contributed by atoms with Crippen molar-refractivity contribution in [3.8, 4) is 16.2 Å². The van der Waals surface area contributed by atoms with Crippen LogP contribution in [0.25, 0.3) is 10.4 Å². The van der Waals surface area contributed by atoms with Gasteiger partial charge in [0.25, 0.3) is 0 Å². The van der Waals surface area contributed by atoms with Gasteiger partial charge in [0.05, 0.1) is 0 Å². The van der Waals surface area contributed by atoms with Gasteiger partial charge in [-0.1, -0.05) is 0 Å². The van der Waals surface area contributed by atoms with Gasteiger partial charge in [0, 0.05) is 15.3 Å². The maximum atomic E-state index is 13.4. The minimum atomic E-state index is -1.20. The van der Waals surface area contributed by atoms with Gasteiger partial charge in [0.2, 0.25) is 5.82 Å². The lowest BCUT2D eigenvalue weighted by molar-refractivity contribution is 0.408. The first kappa shape index (κ1) is 10.1. The summed E-state index contributed by atoms with van der Waals surface area (Å²) in [5, 5.41) is 8.97. The van der Waals surface area contributed by atoms with Crippen LogP contribution in [0.15, 0.2) is 24.3 Å². The number of thiophene rings is 1. The third kappa shape index (κ3) is 1.72. The third-order valence-corrected chi connectivity index (χ3v) is 3.10. The molecule has 1 aromatic carbocycles. The van der Waals surface area contributed by atoms with Gasteiger partial charge in [0.15, 0.2) is 11.6 Å². The smallest absolute Gasteiger partial charge is 0.201 e. The molecular weight excluding hydrogens is 218 g/mol. The zero-order valence-electron chi connectivity index (χ0n) is 7.92. The Morgan fingerprint density at radius 1 is 1.07 bits per heavy atom. The predicted octanol–water partition coefficient (Wildman–Crippen LogP) is 3.71. The maximum Gasteiger partial charge on any atom is 0.201 e. The Bertz CT molecular complexity index is 505. The van der Waals surface area contributed by atoms with Crippen LogP contribution in [0.4, 0.5) is 8.78 Å². The van der Waals surface area contributed by atoms with E-state index in [4.69, 9.17) is 5.11 Å². The molecular formula is C11H8F2OS. The lowest BCUT2D eigenvalue weighted by Crippen LogP contribution is -1.88. The average molecular weight is 226 g/mol. The van der Waals surface area contributed by atoms with E-state index in [9.17, 15) is 8.78 Å². The van der Waals surface area contributed by atoms with Crippen molar-refractivity contribution in [1.82, 2.24) is 0 Å². The van der Waals surface area contributed by atoms with Gasteiger partial charge in [-0.3, -0.25) is 0 Å². The van der Waals surface area contributed by atoms with Crippen LogP contribution < -0.4 is 0 Å². The van der Waals surface area contributed by atoms with Gasteiger partial charge in [-0.05, 0) is 31.2 Å². The topological polar surface area (TPSA) is 20.2 Å². The van der Waals surface area contributed by atoms with Gasteiger partial charge >= 0.3 is 0 Å². The summed E-state index contributed by atoms with van der Waals surface area (Å²) in [5.41, 5.74) is 0.184. The van der Waals surface area contributed by atoms with Crippen LogP contribution in [-0.2, 0) is 0 Å². The third-order valence-electron chi connectivity index (χ3n) is 2.07. The molecule has 0 bridgehead atoms. The monoisotopic (exact) mass is 226 g/mol. The molecule has 1 aromatic heterocycles. The van der Waals surface area contributed by atoms with Crippen LogP contribution >= 0.6 is 11.3 Å². The molecule has 2 aromatic rings. The molecule has 0 unspecified atom stereocenters. The van der Waals surface area contributed by atoms with Crippen molar-refractivity contribution in [2.24, 2.45) is 0 Å². The van der Waals surface area contributed by atoms with E-state index in [1.807, 2.05) is 13.0 Å². The van der Waals surface area contributed by atoms with Gasteiger partial charge < -0.3 is 5.11 Å². The zero-order chi connectivity index (χ0) is 11.0. The summed E-state index contributed by atoms with van der Waals surface area (Å²) < 4.78 is 26.5. The summed E-state index contributed by atoms with van der Waals surface area (Å²) in [6.07, 6.45) is 0. The highest BCUT2D eigenvalue weighted by molar-refractivity contribution is 7.15. The second-order valence-corrected chi connectivity index (χ2v) is 4.46. The van der Waals surface area contributed by atoms with E-state index in [-0.39, 0.29) is 5.56 Å². The fourth-order valence-corrected chi connectivity index (χ4v) is 2.20. The molecule has 0 radical (unpaired) electrons. The number of phenols is 1. The molecule has 0 aliphatic heterocycles. The fourth-order valence-electron chi connectivity index (χ4n) is 1.31. The second kappa shape index (κ2) is 3.62. The molecule has 15 heavy (non-hydrogen) atoms. The molecule has 0 fully saturated rings. The molecule has 1 nitrogen and oxygen atoms in total. The lowest BCUT2D eigenvalue weighted by Gasteiger charge is -2.02. The van der Waals surface area contributed by atoms with Crippen LogP contribution in [0.2, 0.25) is 0 Å². The van der Waals surface area contributed by atoms with E-state index in [0.29, 0.717) is 4.88 Å². The molecule has 0 saturated carbocycles. The van der Waals surface area contributed by atoms with Gasteiger partial charge in [0.1, 0.15) is 0 Å². The Labute approximate surface area is 89.6 Å². The minimum absolute atomic E-state index is 0.184. The van der Waals surface area contributed by atoms with Crippen molar-refractivity contribution in [2.75, 3.05) is 0 Å². The van der Waals surface area contributed by atoms with E-state index in [1.165, 1.54) is 17.4 Å². The largest absolute Gasteiger partial charge is 0.505 e.